The van der Waals surface area contributed by atoms with Gasteiger partial charge in [-0.3, -0.25) is 4.90 Å². The molecule has 1 aliphatic heterocycles. The molecule has 0 amide bonds. The predicted molar refractivity (Wildman–Crippen MR) is 107 cm³/mol. The molecule has 0 aliphatic carbocycles. The molecule has 4 nitrogen and oxygen atoms in total. The van der Waals surface area contributed by atoms with Crippen LogP contribution in [0.1, 0.15) is 24.2 Å². The molecule has 0 bridgehead atoms. The zero-order chi connectivity index (χ0) is 18.7. The van der Waals surface area contributed by atoms with Crippen molar-refractivity contribution >= 4 is 11.6 Å². The number of benzene rings is 2. The maximum absolute atomic E-state index is 11.0. The first-order valence-corrected chi connectivity index (χ1v) is 9.68. The van der Waals surface area contributed by atoms with Crippen LogP contribution in [0.3, 0.4) is 0 Å². The summed E-state index contributed by atoms with van der Waals surface area (Å²) in [7, 11) is 0. The second kappa shape index (κ2) is 7.85. The second-order valence-electron chi connectivity index (χ2n) is 7.31. The average Bonchev–Trinajstić information content (AvgIpc) is 3.14. The number of hydrogen-bond donors (Lipinski definition) is 1. The Balaban J connectivity index is 1.36. The molecule has 0 spiro atoms. The molecule has 4 rings (SSSR count). The number of nitrogens with zero attached hydrogens (tertiary/aromatic N) is 2. The lowest BCUT2D eigenvalue weighted by Gasteiger charge is -2.37. The van der Waals surface area contributed by atoms with Crippen LogP contribution >= 0.6 is 11.6 Å². The van der Waals surface area contributed by atoms with E-state index in [0.717, 1.165) is 47.2 Å². The molecule has 0 unspecified atom stereocenters. The molecule has 0 saturated carbocycles. The van der Waals surface area contributed by atoms with Crippen LogP contribution in [0.15, 0.2) is 65.2 Å². The van der Waals surface area contributed by atoms with E-state index in [4.69, 9.17) is 16.1 Å². The Morgan fingerprint density at radius 2 is 1.74 bits per heavy atom. The number of piperidine rings is 1. The largest absolute Gasteiger partial charge is 0.389 e. The Morgan fingerprint density at radius 1 is 1.04 bits per heavy atom. The van der Waals surface area contributed by atoms with Crippen LogP contribution < -0.4 is 0 Å². The highest BCUT2D eigenvalue weighted by Gasteiger charge is 2.34. The van der Waals surface area contributed by atoms with Crippen molar-refractivity contribution in [3.63, 3.8) is 0 Å². The minimum atomic E-state index is -0.746. The molecule has 1 aliphatic rings. The smallest absolute Gasteiger partial charge is 0.140 e. The van der Waals surface area contributed by atoms with Gasteiger partial charge in [-0.05, 0) is 24.5 Å². The Kier molecular flexibility index (Phi) is 5.30. The van der Waals surface area contributed by atoms with Gasteiger partial charge in [0.2, 0.25) is 0 Å². The zero-order valence-corrected chi connectivity index (χ0v) is 15.9. The Hall–Kier alpha value is -2.14. The van der Waals surface area contributed by atoms with Gasteiger partial charge in [-0.15, -0.1) is 0 Å². The number of likely N-dealkylation sites (tertiary alicyclic amines) is 1. The lowest BCUT2D eigenvalue weighted by Crippen LogP contribution is -2.45. The summed E-state index contributed by atoms with van der Waals surface area (Å²) in [5, 5.41) is 16.0. The number of aromatic nitrogens is 1. The van der Waals surface area contributed by atoms with Crippen molar-refractivity contribution in [1.29, 1.82) is 0 Å². The van der Waals surface area contributed by atoms with Gasteiger partial charge in [0.25, 0.3) is 0 Å². The molecule has 27 heavy (non-hydrogen) atoms. The number of rotatable bonds is 5. The van der Waals surface area contributed by atoms with Gasteiger partial charge in [0.05, 0.1) is 5.60 Å². The maximum atomic E-state index is 11.0. The topological polar surface area (TPSA) is 49.5 Å². The lowest BCUT2D eigenvalue weighted by atomic mass is 9.87. The first-order valence-electron chi connectivity index (χ1n) is 9.30. The van der Waals surface area contributed by atoms with E-state index in [1.807, 2.05) is 54.6 Å². The molecule has 1 N–H and O–H groups in total. The van der Waals surface area contributed by atoms with E-state index < -0.39 is 5.60 Å². The summed E-state index contributed by atoms with van der Waals surface area (Å²) in [5.74, 6) is 0.732. The predicted octanol–water partition coefficient (Wildman–Crippen LogP) is 4.56. The normalized spacial score (nSPS) is 17.1. The third kappa shape index (κ3) is 4.41. The van der Waals surface area contributed by atoms with Crippen LogP contribution in [-0.2, 0) is 13.0 Å². The lowest BCUT2D eigenvalue weighted by molar-refractivity contribution is -0.0265. The van der Waals surface area contributed by atoms with Crippen molar-refractivity contribution in [2.45, 2.75) is 31.4 Å². The van der Waals surface area contributed by atoms with Crippen LogP contribution in [0.25, 0.3) is 11.3 Å². The summed E-state index contributed by atoms with van der Waals surface area (Å²) in [4.78, 5) is 2.34. The number of halogens is 1. The van der Waals surface area contributed by atoms with Gasteiger partial charge in [0.1, 0.15) is 11.5 Å². The molecular weight excluding hydrogens is 360 g/mol. The summed E-state index contributed by atoms with van der Waals surface area (Å²) >= 11 is 6.26. The van der Waals surface area contributed by atoms with Crippen LogP contribution in [0, 0.1) is 0 Å². The van der Waals surface area contributed by atoms with Crippen molar-refractivity contribution in [2.24, 2.45) is 0 Å². The standard InChI is InChI=1S/C22H23ClN2O2/c23-20-9-5-4-8-18(20)16-25-12-10-22(26,11-13-25)15-19-14-21(24-27-19)17-6-2-1-3-7-17/h1-9,14,26H,10-13,15-16H2. The van der Waals surface area contributed by atoms with Crippen molar-refractivity contribution in [3.8, 4) is 11.3 Å². The molecule has 140 valence electrons. The van der Waals surface area contributed by atoms with Gasteiger partial charge in [-0.25, -0.2) is 0 Å². The Morgan fingerprint density at radius 3 is 2.48 bits per heavy atom. The number of hydrogen-bond acceptors (Lipinski definition) is 4. The third-order valence-corrected chi connectivity index (χ3v) is 5.64. The highest BCUT2D eigenvalue weighted by molar-refractivity contribution is 6.31. The first-order chi connectivity index (χ1) is 13.1. The van der Waals surface area contributed by atoms with Crippen LogP contribution in [-0.4, -0.2) is 33.9 Å². The van der Waals surface area contributed by atoms with Crippen LogP contribution in [0.2, 0.25) is 5.02 Å². The summed E-state index contributed by atoms with van der Waals surface area (Å²) in [6.45, 7) is 2.49. The van der Waals surface area contributed by atoms with Gasteiger partial charge < -0.3 is 9.63 Å². The molecular formula is C22H23ClN2O2. The highest BCUT2D eigenvalue weighted by atomic mass is 35.5. The molecule has 5 heteroatoms. The van der Waals surface area contributed by atoms with E-state index in [1.54, 1.807) is 0 Å². The Bertz CT molecular complexity index is 886. The molecule has 1 fully saturated rings. The molecule has 2 aromatic carbocycles. The van der Waals surface area contributed by atoms with Crippen molar-refractivity contribution in [1.82, 2.24) is 10.1 Å². The molecule has 2 heterocycles. The molecule has 1 aromatic heterocycles. The SMILES string of the molecule is OC1(Cc2cc(-c3ccccc3)no2)CCN(Cc2ccccc2Cl)CC1. The molecule has 0 radical (unpaired) electrons. The quantitative estimate of drug-likeness (QED) is 0.702. The van der Waals surface area contributed by atoms with E-state index in [-0.39, 0.29) is 0 Å². The van der Waals surface area contributed by atoms with E-state index in [9.17, 15) is 5.11 Å². The summed E-state index contributed by atoms with van der Waals surface area (Å²) in [6.07, 6.45) is 1.91. The average molecular weight is 383 g/mol. The van der Waals surface area contributed by atoms with Crippen molar-refractivity contribution in [2.75, 3.05) is 13.1 Å². The fourth-order valence-electron chi connectivity index (χ4n) is 3.64. The highest BCUT2D eigenvalue weighted by Crippen LogP contribution is 2.29. The number of aliphatic hydroxyl groups is 1. The third-order valence-electron chi connectivity index (χ3n) is 5.27. The van der Waals surface area contributed by atoms with Crippen molar-refractivity contribution in [3.05, 3.63) is 77.0 Å². The fourth-order valence-corrected chi connectivity index (χ4v) is 3.83. The van der Waals surface area contributed by atoms with E-state index in [0.29, 0.717) is 19.3 Å². The molecule has 0 atom stereocenters. The van der Waals surface area contributed by atoms with Gasteiger partial charge in [0, 0.05) is 42.7 Å². The molecule has 3 aromatic rings. The minimum absolute atomic E-state index is 0.493. The van der Waals surface area contributed by atoms with Gasteiger partial charge >= 0.3 is 0 Å². The van der Waals surface area contributed by atoms with E-state index in [2.05, 4.69) is 16.1 Å². The van der Waals surface area contributed by atoms with Gasteiger partial charge in [0.15, 0.2) is 0 Å². The fraction of sp³-hybridized carbons (Fsp3) is 0.318. The molecule has 1 saturated heterocycles. The van der Waals surface area contributed by atoms with Gasteiger partial charge in [-0.2, -0.15) is 0 Å². The summed E-state index contributed by atoms with van der Waals surface area (Å²) in [5.41, 5.74) is 2.22. The maximum Gasteiger partial charge on any atom is 0.140 e. The van der Waals surface area contributed by atoms with Crippen LogP contribution in [0.5, 0.6) is 0 Å². The van der Waals surface area contributed by atoms with E-state index in [1.165, 1.54) is 0 Å². The second-order valence-corrected chi connectivity index (χ2v) is 7.72. The van der Waals surface area contributed by atoms with Crippen molar-refractivity contribution < 1.29 is 9.63 Å². The van der Waals surface area contributed by atoms with E-state index >= 15 is 0 Å². The minimum Gasteiger partial charge on any atom is -0.389 e. The monoisotopic (exact) mass is 382 g/mol. The summed E-state index contributed by atoms with van der Waals surface area (Å²) < 4.78 is 5.48. The summed E-state index contributed by atoms with van der Waals surface area (Å²) in [6, 6.07) is 19.8. The van der Waals surface area contributed by atoms with Gasteiger partial charge in [-0.1, -0.05) is 65.3 Å². The Labute approximate surface area is 164 Å². The van der Waals surface area contributed by atoms with Crippen LogP contribution in [0.4, 0.5) is 0 Å². The first kappa shape index (κ1) is 18.2. The zero-order valence-electron chi connectivity index (χ0n) is 15.1.